The Kier molecular flexibility index (Phi) is 1.60. The molecule has 0 N–H and O–H groups in total. The van der Waals surface area contributed by atoms with Gasteiger partial charge in [0.25, 0.3) is 0 Å². The Morgan fingerprint density at radius 3 is 2.33 bits per heavy atom. The van der Waals surface area contributed by atoms with E-state index in [9.17, 15) is 0 Å². The van der Waals surface area contributed by atoms with Crippen LogP contribution in [0.5, 0.6) is 0 Å². The number of rotatable bonds is 1. The smallest absolute Gasteiger partial charge is 0.120 e. The first-order valence-electron chi connectivity index (χ1n) is 3.16. The second kappa shape index (κ2) is 2.26. The topological polar surface area (TPSA) is 9.23 Å². The molecule has 1 nitrogen and oxygen atoms in total. The zero-order chi connectivity index (χ0) is 6.85. The van der Waals surface area contributed by atoms with Crippen molar-refractivity contribution < 1.29 is 4.74 Å². The van der Waals surface area contributed by atoms with Crippen LogP contribution in [0, 0.1) is 0 Å². The van der Waals surface area contributed by atoms with E-state index in [0.717, 1.165) is 12.2 Å². The van der Waals surface area contributed by atoms with Crippen LogP contribution in [0.4, 0.5) is 0 Å². The monoisotopic (exact) mass is 124 g/mol. The first kappa shape index (κ1) is 6.40. The van der Waals surface area contributed by atoms with Crippen LogP contribution in [0.25, 0.3) is 0 Å². The summed E-state index contributed by atoms with van der Waals surface area (Å²) in [4.78, 5) is 0. The predicted octanol–water partition coefficient (Wildman–Crippen LogP) is 2.26. The van der Waals surface area contributed by atoms with Gasteiger partial charge in [0.2, 0.25) is 0 Å². The molecule has 1 rings (SSSR count). The lowest BCUT2D eigenvalue weighted by Crippen LogP contribution is -1.86. The number of hydrogen-bond donors (Lipinski definition) is 0. The SMILES string of the molecule is COC1=C(C)CC=C1C. The Bertz CT molecular complexity index is 175. The van der Waals surface area contributed by atoms with Crippen LogP contribution in [0.1, 0.15) is 20.3 Å². The van der Waals surface area contributed by atoms with Crippen LogP contribution >= 0.6 is 0 Å². The average Bonchev–Trinajstić information content (AvgIpc) is 2.12. The molecule has 1 aliphatic carbocycles. The molecule has 0 fully saturated rings. The van der Waals surface area contributed by atoms with E-state index in [0.29, 0.717) is 0 Å². The summed E-state index contributed by atoms with van der Waals surface area (Å²) >= 11 is 0. The summed E-state index contributed by atoms with van der Waals surface area (Å²) in [5, 5.41) is 0. The first-order valence-corrected chi connectivity index (χ1v) is 3.16. The second-order valence-corrected chi connectivity index (χ2v) is 2.40. The molecule has 0 atom stereocenters. The van der Waals surface area contributed by atoms with Gasteiger partial charge in [-0.2, -0.15) is 0 Å². The van der Waals surface area contributed by atoms with E-state index in [4.69, 9.17) is 4.74 Å². The van der Waals surface area contributed by atoms with Gasteiger partial charge in [-0.05, 0) is 31.4 Å². The van der Waals surface area contributed by atoms with Crippen molar-refractivity contribution in [1.29, 1.82) is 0 Å². The summed E-state index contributed by atoms with van der Waals surface area (Å²) in [5.41, 5.74) is 2.62. The van der Waals surface area contributed by atoms with Crippen molar-refractivity contribution in [3.8, 4) is 0 Å². The third-order valence-electron chi connectivity index (χ3n) is 1.66. The highest BCUT2D eigenvalue weighted by Gasteiger charge is 2.09. The molecule has 0 spiro atoms. The van der Waals surface area contributed by atoms with Gasteiger partial charge in [-0.25, -0.2) is 0 Å². The van der Waals surface area contributed by atoms with E-state index in [2.05, 4.69) is 19.9 Å². The zero-order valence-corrected chi connectivity index (χ0v) is 6.19. The van der Waals surface area contributed by atoms with E-state index < -0.39 is 0 Å². The van der Waals surface area contributed by atoms with Gasteiger partial charge < -0.3 is 4.74 Å². The summed E-state index contributed by atoms with van der Waals surface area (Å²) in [6.07, 6.45) is 3.25. The molecule has 0 saturated heterocycles. The molecule has 0 heterocycles. The van der Waals surface area contributed by atoms with E-state index >= 15 is 0 Å². The molecule has 0 aromatic heterocycles. The van der Waals surface area contributed by atoms with Gasteiger partial charge in [0.15, 0.2) is 0 Å². The number of hydrogen-bond acceptors (Lipinski definition) is 1. The Labute approximate surface area is 56.0 Å². The zero-order valence-electron chi connectivity index (χ0n) is 6.19. The summed E-state index contributed by atoms with van der Waals surface area (Å²) in [6.45, 7) is 4.18. The first-order chi connectivity index (χ1) is 4.25. The molecule has 0 aromatic carbocycles. The van der Waals surface area contributed by atoms with Crippen molar-refractivity contribution in [1.82, 2.24) is 0 Å². The molecule has 0 aromatic rings. The number of methoxy groups -OCH3 is 1. The fraction of sp³-hybridized carbons (Fsp3) is 0.500. The lowest BCUT2D eigenvalue weighted by Gasteiger charge is -2.02. The maximum Gasteiger partial charge on any atom is 0.120 e. The van der Waals surface area contributed by atoms with E-state index in [1.807, 2.05) is 0 Å². The highest BCUT2D eigenvalue weighted by atomic mass is 16.5. The Morgan fingerprint density at radius 2 is 2.11 bits per heavy atom. The minimum Gasteiger partial charge on any atom is -0.497 e. The van der Waals surface area contributed by atoms with Crippen LogP contribution < -0.4 is 0 Å². The molecule has 1 heteroatoms. The van der Waals surface area contributed by atoms with Crippen molar-refractivity contribution >= 4 is 0 Å². The van der Waals surface area contributed by atoms with Gasteiger partial charge in [0.1, 0.15) is 5.76 Å². The van der Waals surface area contributed by atoms with Crippen LogP contribution in [-0.4, -0.2) is 7.11 Å². The van der Waals surface area contributed by atoms with Gasteiger partial charge in [-0.3, -0.25) is 0 Å². The van der Waals surface area contributed by atoms with Gasteiger partial charge >= 0.3 is 0 Å². The Balaban J connectivity index is 2.83. The lowest BCUT2D eigenvalue weighted by molar-refractivity contribution is 0.298. The molecular formula is C8H12O. The van der Waals surface area contributed by atoms with Crippen molar-refractivity contribution in [2.24, 2.45) is 0 Å². The molecule has 50 valence electrons. The minimum atomic E-state index is 1.06. The van der Waals surface area contributed by atoms with Crippen molar-refractivity contribution in [2.75, 3.05) is 7.11 Å². The van der Waals surface area contributed by atoms with Crippen molar-refractivity contribution in [3.63, 3.8) is 0 Å². The lowest BCUT2D eigenvalue weighted by atomic mass is 10.2. The van der Waals surface area contributed by atoms with Crippen LogP contribution in [0.2, 0.25) is 0 Å². The fourth-order valence-corrected chi connectivity index (χ4v) is 1.16. The molecule has 0 bridgehead atoms. The highest BCUT2D eigenvalue weighted by molar-refractivity contribution is 5.35. The standard InChI is InChI=1S/C8H12O/c1-6-4-5-7(2)8(6)9-3/h4H,5H2,1-3H3. The summed E-state index contributed by atoms with van der Waals surface area (Å²) in [7, 11) is 1.72. The maximum absolute atomic E-state index is 5.15. The van der Waals surface area contributed by atoms with E-state index in [-0.39, 0.29) is 0 Å². The van der Waals surface area contributed by atoms with Crippen molar-refractivity contribution in [2.45, 2.75) is 20.3 Å². The fourth-order valence-electron chi connectivity index (χ4n) is 1.16. The highest BCUT2D eigenvalue weighted by Crippen LogP contribution is 2.25. The predicted molar refractivity (Wildman–Crippen MR) is 38.1 cm³/mol. The largest absolute Gasteiger partial charge is 0.497 e. The quantitative estimate of drug-likeness (QED) is 0.521. The number of ether oxygens (including phenoxy) is 1. The van der Waals surface area contributed by atoms with Gasteiger partial charge in [-0.15, -0.1) is 0 Å². The van der Waals surface area contributed by atoms with Gasteiger partial charge in [0.05, 0.1) is 7.11 Å². The summed E-state index contributed by atoms with van der Waals surface area (Å²) < 4.78 is 5.15. The maximum atomic E-state index is 5.15. The summed E-state index contributed by atoms with van der Waals surface area (Å²) in [6, 6.07) is 0. The van der Waals surface area contributed by atoms with E-state index in [1.165, 1.54) is 11.1 Å². The summed E-state index contributed by atoms with van der Waals surface area (Å²) in [5.74, 6) is 1.08. The molecule has 0 amide bonds. The molecule has 9 heavy (non-hydrogen) atoms. The van der Waals surface area contributed by atoms with E-state index in [1.54, 1.807) is 7.11 Å². The molecule has 0 radical (unpaired) electrons. The molecule has 0 unspecified atom stereocenters. The average molecular weight is 124 g/mol. The third-order valence-corrected chi connectivity index (χ3v) is 1.66. The molecule has 0 aliphatic heterocycles. The number of allylic oxidation sites excluding steroid dienone is 3. The third kappa shape index (κ3) is 0.995. The Hall–Kier alpha value is -0.720. The second-order valence-electron chi connectivity index (χ2n) is 2.40. The normalized spacial score (nSPS) is 18.3. The molecule has 1 aliphatic rings. The minimum absolute atomic E-state index is 1.06. The van der Waals surface area contributed by atoms with Crippen LogP contribution in [-0.2, 0) is 4.74 Å². The van der Waals surface area contributed by atoms with Gasteiger partial charge in [-0.1, -0.05) is 6.08 Å². The Morgan fingerprint density at radius 1 is 1.44 bits per heavy atom. The van der Waals surface area contributed by atoms with Crippen molar-refractivity contribution in [3.05, 3.63) is 23.0 Å². The molecular weight excluding hydrogens is 112 g/mol. The van der Waals surface area contributed by atoms with Crippen LogP contribution in [0.15, 0.2) is 23.0 Å². The molecule has 0 saturated carbocycles. The van der Waals surface area contributed by atoms with Gasteiger partial charge in [0, 0.05) is 0 Å². The van der Waals surface area contributed by atoms with Crippen LogP contribution in [0.3, 0.4) is 0 Å².